The van der Waals surface area contributed by atoms with Crippen LogP contribution in [-0.4, -0.2) is 40.4 Å². The Morgan fingerprint density at radius 1 is 1.15 bits per heavy atom. The summed E-state index contributed by atoms with van der Waals surface area (Å²) in [5.74, 6) is 1.59. The van der Waals surface area contributed by atoms with Gasteiger partial charge in [0.2, 0.25) is 0 Å². The number of amides is 1. The Labute approximate surface area is 201 Å². The number of carbonyl (C=O) groups excluding carboxylic acids is 1. The van der Waals surface area contributed by atoms with E-state index in [1.807, 2.05) is 6.07 Å². The molecule has 2 aromatic rings. The zero-order valence-corrected chi connectivity index (χ0v) is 20.6. The Kier molecular flexibility index (Phi) is 6.59. The Hall–Kier alpha value is -2.15. The number of hydrogen-bond acceptors (Lipinski definition) is 5. The van der Waals surface area contributed by atoms with Gasteiger partial charge in [0.15, 0.2) is 11.1 Å². The van der Waals surface area contributed by atoms with Crippen LogP contribution >= 0.6 is 11.3 Å². The molecule has 3 fully saturated rings. The predicted octanol–water partition coefficient (Wildman–Crippen LogP) is 5.75. The van der Waals surface area contributed by atoms with Crippen molar-refractivity contribution in [2.45, 2.75) is 88.6 Å². The molecule has 2 heterocycles. The van der Waals surface area contributed by atoms with E-state index < -0.39 is 5.54 Å². The summed E-state index contributed by atoms with van der Waals surface area (Å²) >= 11 is 1.73. The average Bonchev–Trinajstić information content (AvgIpc) is 3.33. The first-order valence-electron chi connectivity index (χ1n) is 12.8. The summed E-state index contributed by atoms with van der Waals surface area (Å²) in [6.07, 6.45) is 14.0. The van der Waals surface area contributed by atoms with E-state index in [0.29, 0.717) is 12.0 Å². The van der Waals surface area contributed by atoms with E-state index in [1.165, 1.54) is 48.1 Å². The molecule has 1 aliphatic heterocycles. The van der Waals surface area contributed by atoms with Gasteiger partial charge in [0.25, 0.3) is 5.91 Å². The van der Waals surface area contributed by atoms with E-state index in [0.717, 1.165) is 55.1 Å². The summed E-state index contributed by atoms with van der Waals surface area (Å²) < 4.78 is 1.22. The number of nitrogens with one attached hydrogen (secondary N) is 3. The highest BCUT2D eigenvalue weighted by molar-refractivity contribution is 7.22. The van der Waals surface area contributed by atoms with Crippen molar-refractivity contribution in [1.82, 2.24) is 15.2 Å². The molecule has 0 bridgehead atoms. The number of thiazole rings is 1. The lowest BCUT2D eigenvalue weighted by atomic mass is 9.74. The van der Waals surface area contributed by atoms with Gasteiger partial charge in [0.05, 0.1) is 10.2 Å². The Morgan fingerprint density at radius 2 is 1.94 bits per heavy atom. The van der Waals surface area contributed by atoms with Gasteiger partial charge in [0.1, 0.15) is 5.54 Å². The highest BCUT2D eigenvalue weighted by Gasteiger charge is 2.49. The van der Waals surface area contributed by atoms with Crippen molar-refractivity contribution in [2.24, 2.45) is 11.8 Å². The number of rotatable bonds is 7. The first-order chi connectivity index (χ1) is 16.0. The number of benzene rings is 1. The van der Waals surface area contributed by atoms with Gasteiger partial charge in [0, 0.05) is 13.1 Å². The zero-order valence-electron chi connectivity index (χ0n) is 19.7. The molecule has 3 atom stereocenters. The topological polar surface area (TPSA) is 81.1 Å². The Balaban J connectivity index is 1.25. The van der Waals surface area contributed by atoms with Crippen LogP contribution in [0.15, 0.2) is 24.3 Å². The third-order valence-electron chi connectivity index (χ3n) is 8.15. The van der Waals surface area contributed by atoms with E-state index in [1.54, 1.807) is 18.4 Å². The summed E-state index contributed by atoms with van der Waals surface area (Å²) in [7, 11) is 1.75. The minimum Gasteiger partial charge on any atom is -0.359 e. The van der Waals surface area contributed by atoms with Crippen LogP contribution < -0.4 is 10.6 Å². The second-order valence-electron chi connectivity index (χ2n) is 10.5. The van der Waals surface area contributed by atoms with Gasteiger partial charge in [-0.05, 0) is 56.1 Å². The summed E-state index contributed by atoms with van der Waals surface area (Å²) in [5, 5.41) is 16.4. The lowest BCUT2D eigenvalue weighted by Gasteiger charge is -2.36. The molecule has 3 aliphatic rings. The molecule has 0 radical (unpaired) electrons. The molecular weight excluding hydrogens is 430 g/mol. The summed E-state index contributed by atoms with van der Waals surface area (Å²) in [5.41, 5.74) is 0.465. The number of guanidine groups is 1. The molecule has 0 spiro atoms. The molecule has 1 saturated heterocycles. The van der Waals surface area contributed by atoms with Crippen LogP contribution in [0.1, 0.15) is 77.0 Å². The number of para-hydroxylation sites is 1. The van der Waals surface area contributed by atoms with Crippen molar-refractivity contribution in [3.05, 3.63) is 24.3 Å². The van der Waals surface area contributed by atoms with Crippen molar-refractivity contribution in [2.75, 3.05) is 12.4 Å². The van der Waals surface area contributed by atoms with Crippen LogP contribution in [0.5, 0.6) is 0 Å². The fourth-order valence-electron chi connectivity index (χ4n) is 6.33. The quantitative estimate of drug-likeness (QED) is 0.484. The van der Waals surface area contributed by atoms with Crippen molar-refractivity contribution >= 4 is 38.6 Å². The first-order valence-corrected chi connectivity index (χ1v) is 13.6. The number of anilines is 1. The van der Waals surface area contributed by atoms with E-state index in [-0.39, 0.29) is 11.9 Å². The maximum absolute atomic E-state index is 13.4. The standard InChI is InChI=1S/C26H37N5OS/c1-31-23(32)26(30-24(31)27,15-14-18-8-3-2-4-9-18)17-19-10-7-11-20(16-19)28-25-29-21-12-5-6-13-22(21)33-25/h5-6,12-13,18-20H,2-4,7-11,14-17H2,1H3,(H2,27,30)(H,28,29)/t19-,20+,26+/m0/s1. The molecule has 178 valence electrons. The molecule has 2 aliphatic carbocycles. The predicted molar refractivity (Wildman–Crippen MR) is 136 cm³/mol. The number of carbonyl (C=O) groups is 1. The van der Waals surface area contributed by atoms with Gasteiger partial charge in [-0.3, -0.25) is 15.1 Å². The minimum absolute atomic E-state index is 0.101. The number of aromatic nitrogens is 1. The van der Waals surface area contributed by atoms with Gasteiger partial charge >= 0.3 is 0 Å². The molecule has 2 saturated carbocycles. The SMILES string of the molecule is CN1C(=N)N[C@](CCC2CCCCC2)(C[C@H]2CCC[C@@H](Nc3nc4ccccc4s3)C2)C1=O. The Morgan fingerprint density at radius 3 is 2.70 bits per heavy atom. The van der Waals surface area contributed by atoms with Crippen molar-refractivity contribution in [3.8, 4) is 0 Å². The first kappa shape index (κ1) is 22.6. The van der Waals surface area contributed by atoms with Crippen molar-refractivity contribution < 1.29 is 4.79 Å². The van der Waals surface area contributed by atoms with Crippen LogP contribution in [0.3, 0.4) is 0 Å². The van der Waals surface area contributed by atoms with Gasteiger partial charge in [-0.15, -0.1) is 0 Å². The van der Waals surface area contributed by atoms with Crippen molar-refractivity contribution in [1.29, 1.82) is 5.41 Å². The number of fused-ring (bicyclic) bond motifs is 1. The summed E-state index contributed by atoms with van der Waals surface area (Å²) in [4.78, 5) is 19.7. The number of nitrogens with zero attached hydrogens (tertiary/aromatic N) is 2. The van der Waals surface area contributed by atoms with Crippen LogP contribution in [0.4, 0.5) is 5.13 Å². The maximum Gasteiger partial charge on any atom is 0.254 e. The summed E-state index contributed by atoms with van der Waals surface area (Å²) in [6, 6.07) is 8.69. The molecule has 33 heavy (non-hydrogen) atoms. The monoisotopic (exact) mass is 467 g/mol. The zero-order chi connectivity index (χ0) is 22.8. The number of likely N-dealkylation sites (N-methyl/N-ethyl adjacent to an activating group) is 1. The molecule has 0 unspecified atom stereocenters. The molecule has 7 heteroatoms. The summed E-state index contributed by atoms with van der Waals surface area (Å²) in [6.45, 7) is 0. The molecule has 1 amide bonds. The number of hydrogen-bond donors (Lipinski definition) is 3. The smallest absolute Gasteiger partial charge is 0.254 e. The van der Waals surface area contributed by atoms with Gasteiger partial charge < -0.3 is 10.6 Å². The lowest BCUT2D eigenvalue weighted by Crippen LogP contribution is -2.49. The van der Waals surface area contributed by atoms with Crippen LogP contribution in [0.25, 0.3) is 10.2 Å². The molecular formula is C26H37N5OS. The maximum atomic E-state index is 13.4. The van der Waals surface area contributed by atoms with Gasteiger partial charge in [-0.25, -0.2) is 4.98 Å². The normalized spacial score (nSPS) is 28.9. The van der Waals surface area contributed by atoms with Gasteiger partial charge in [-0.1, -0.05) is 68.4 Å². The highest BCUT2D eigenvalue weighted by atomic mass is 32.1. The van der Waals surface area contributed by atoms with Crippen LogP contribution in [-0.2, 0) is 4.79 Å². The van der Waals surface area contributed by atoms with E-state index in [9.17, 15) is 4.79 Å². The van der Waals surface area contributed by atoms with Crippen molar-refractivity contribution in [3.63, 3.8) is 0 Å². The molecule has 1 aromatic heterocycles. The van der Waals surface area contributed by atoms with E-state index in [2.05, 4.69) is 28.8 Å². The third-order valence-corrected chi connectivity index (χ3v) is 9.12. The van der Waals surface area contributed by atoms with E-state index >= 15 is 0 Å². The highest BCUT2D eigenvalue weighted by Crippen LogP contribution is 2.39. The Bertz CT molecular complexity index is 966. The molecule has 1 aromatic carbocycles. The largest absolute Gasteiger partial charge is 0.359 e. The third kappa shape index (κ3) is 4.88. The molecule has 6 nitrogen and oxygen atoms in total. The van der Waals surface area contributed by atoms with Crippen LogP contribution in [0, 0.1) is 17.2 Å². The van der Waals surface area contributed by atoms with E-state index in [4.69, 9.17) is 10.4 Å². The molecule has 3 N–H and O–H groups in total. The lowest BCUT2D eigenvalue weighted by molar-refractivity contribution is -0.131. The fourth-order valence-corrected chi connectivity index (χ4v) is 7.27. The minimum atomic E-state index is -0.592. The van der Waals surface area contributed by atoms with Gasteiger partial charge in [-0.2, -0.15) is 0 Å². The average molecular weight is 468 g/mol. The van der Waals surface area contributed by atoms with Crippen LogP contribution in [0.2, 0.25) is 0 Å². The second-order valence-corrected chi connectivity index (χ2v) is 11.6. The second kappa shape index (κ2) is 9.61. The molecule has 5 rings (SSSR count). The fraction of sp³-hybridized carbons (Fsp3) is 0.654.